The molecule has 50 heavy (non-hydrogen) atoms. The SMILES string of the molecule is C[C@@H]1[C@@H](C)CCC[C@H]([C@H]2OC[C@H](N3CC(F)C3)CO2)[C@@H]2CC[C@H]2CN2CCCCc3cc(Cl)ccc3COc3ccc(cc32)C(=O)NS1(=O)=O. The van der Waals surface area contributed by atoms with Gasteiger partial charge in [-0.05, 0) is 111 Å². The lowest BCUT2D eigenvalue weighted by Gasteiger charge is -2.49. The number of ether oxygens (including phenoxy) is 3. The molecule has 2 bridgehead atoms. The quantitative estimate of drug-likeness (QED) is 0.381. The van der Waals surface area contributed by atoms with Gasteiger partial charge in [0.1, 0.15) is 18.5 Å². The lowest BCUT2D eigenvalue weighted by Crippen LogP contribution is -2.59. The van der Waals surface area contributed by atoms with Gasteiger partial charge in [0, 0.05) is 42.7 Å². The molecule has 0 unspecified atom stereocenters. The molecule has 12 heteroatoms. The molecule has 4 heterocycles. The van der Waals surface area contributed by atoms with Crippen LogP contribution >= 0.6 is 11.6 Å². The van der Waals surface area contributed by atoms with Crippen molar-refractivity contribution in [1.82, 2.24) is 9.62 Å². The molecule has 3 fully saturated rings. The zero-order valence-electron chi connectivity index (χ0n) is 29.2. The fourth-order valence-electron chi connectivity index (χ4n) is 8.52. The van der Waals surface area contributed by atoms with Crippen molar-refractivity contribution in [1.29, 1.82) is 0 Å². The molecule has 4 aliphatic heterocycles. The minimum absolute atomic E-state index is 0.0777. The number of benzene rings is 2. The van der Waals surface area contributed by atoms with E-state index >= 15 is 0 Å². The molecular weight excluding hydrogens is 681 g/mol. The van der Waals surface area contributed by atoms with Crippen molar-refractivity contribution < 1.29 is 31.8 Å². The molecule has 7 rings (SSSR count). The average molecular weight is 732 g/mol. The molecule has 2 saturated heterocycles. The van der Waals surface area contributed by atoms with Crippen molar-refractivity contribution >= 4 is 33.2 Å². The van der Waals surface area contributed by atoms with Crippen molar-refractivity contribution in [2.45, 2.75) is 95.6 Å². The van der Waals surface area contributed by atoms with Crippen LogP contribution in [0.1, 0.15) is 80.3 Å². The van der Waals surface area contributed by atoms with Gasteiger partial charge < -0.3 is 19.1 Å². The molecule has 1 aliphatic carbocycles. The molecule has 2 aromatic rings. The van der Waals surface area contributed by atoms with Crippen LogP contribution in [0.4, 0.5) is 10.1 Å². The van der Waals surface area contributed by atoms with Crippen molar-refractivity contribution in [3.8, 4) is 5.75 Å². The number of aryl methyl sites for hydroxylation is 1. The van der Waals surface area contributed by atoms with Crippen LogP contribution in [0, 0.1) is 23.7 Å². The van der Waals surface area contributed by atoms with Gasteiger partial charge in [0.15, 0.2) is 6.29 Å². The number of sulfonamides is 1. The molecule has 0 aromatic heterocycles. The van der Waals surface area contributed by atoms with Crippen molar-refractivity contribution in [2.75, 3.05) is 44.3 Å². The Hall–Kier alpha value is -2.44. The van der Waals surface area contributed by atoms with Crippen LogP contribution in [0.3, 0.4) is 0 Å². The maximum atomic E-state index is 13.6. The summed E-state index contributed by atoms with van der Waals surface area (Å²) in [6.07, 6.45) is 6.25. The number of halogens is 2. The van der Waals surface area contributed by atoms with Gasteiger partial charge in [-0.25, -0.2) is 17.5 Å². The van der Waals surface area contributed by atoms with Gasteiger partial charge in [0.25, 0.3) is 5.91 Å². The number of nitrogens with zero attached hydrogens (tertiary/aromatic N) is 2. The number of hydrogen-bond acceptors (Lipinski definition) is 8. The Morgan fingerprint density at radius 3 is 2.44 bits per heavy atom. The number of anilines is 1. The van der Waals surface area contributed by atoms with E-state index < -0.39 is 27.4 Å². The predicted octanol–water partition coefficient (Wildman–Crippen LogP) is 6.37. The highest BCUT2D eigenvalue weighted by atomic mass is 35.5. The highest BCUT2D eigenvalue weighted by molar-refractivity contribution is 7.90. The van der Waals surface area contributed by atoms with Crippen LogP contribution in [0.2, 0.25) is 5.02 Å². The molecule has 5 atom stereocenters. The summed E-state index contributed by atoms with van der Waals surface area (Å²) in [4.78, 5) is 18.0. The molecule has 9 nitrogen and oxygen atoms in total. The maximum absolute atomic E-state index is 13.6. The highest BCUT2D eigenvalue weighted by Crippen LogP contribution is 2.46. The summed E-state index contributed by atoms with van der Waals surface area (Å²) in [5.41, 5.74) is 3.35. The monoisotopic (exact) mass is 731 g/mol. The van der Waals surface area contributed by atoms with Crippen LogP contribution in [-0.2, 0) is 32.5 Å². The number of hydrogen-bond donors (Lipinski definition) is 1. The Morgan fingerprint density at radius 2 is 1.70 bits per heavy atom. The fraction of sp³-hybridized carbons (Fsp3) is 0.658. The Morgan fingerprint density at radius 1 is 0.900 bits per heavy atom. The van der Waals surface area contributed by atoms with Gasteiger partial charge >= 0.3 is 0 Å². The first kappa shape index (κ1) is 35.9. The van der Waals surface area contributed by atoms with Crippen molar-refractivity contribution in [2.24, 2.45) is 23.7 Å². The second kappa shape index (κ2) is 15.3. The topological polar surface area (TPSA) is 97.4 Å². The van der Waals surface area contributed by atoms with Crippen LogP contribution in [0.15, 0.2) is 36.4 Å². The predicted molar refractivity (Wildman–Crippen MR) is 192 cm³/mol. The van der Waals surface area contributed by atoms with Crippen LogP contribution in [-0.4, -0.2) is 82.4 Å². The smallest absolute Gasteiger partial charge is 0.264 e. The van der Waals surface area contributed by atoms with E-state index in [2.05, 4.69) is 14.5 Å². The molecule has 1 N–H and O–H groups in total. The number of likely N-dealkylation sites (tertiary alicyclic amines) is 1. The van der Waals surface area contributed by atoms with E-state index in [1.807, 2.05) is 25.1 Å². The molecule has 5 aliphatic rings. The first-order chi connectivity index (χ1) is 24.1. The van der Waals surface area contributed by atoms with E-state index in [4.69, 9.17) is 25.8 Å². The zero-order valence-corrected chi connectivity index (χ0v) is 30.8. The van der Waals surface area contributed by atoms with Crippen molar-refractivity contribution in [3.05, 3.63) is 58.1 Å². The van der Waals surface area contributed by atoms with Crippen LogP contribution in [0.5, 0.6) is 5.75 Å². The largest absolute Gasteiger partial charge is 0.487 e. The van der Waals surface area contributed by atoms with E-state index in [1.165, 1.54) is 5.56 Å². The van der Waals surface area contributed by atoms with Gasteiger partial charge in [0.05, 0.1) is 30.2 Å². The van der Waals surface area contributed by atoms with E-state index in [1.54, 1.807) is 25.1 Å². The lowest BCUT2D eigenvalue weighted by molar-refractivity contribution is -0.249. The van der Waals surface area contributed by atoms with E-state index in [0.717, 1.165) is 69.3 Å². The highest BCUT2D eigenvalue weighted by Gasteiger charge is 2.45. The fourth-order valence-corrected chi connectivity index (χ4v) is 10.0. The molecule has 1 saturated carbocycles. The second-order valence-corrected chi connectivity index (χ2v) is 17.8. The minimum Gasteiger partial charge on any atom is -0.487 e. The normalized spacial score (nSPS) is 32.9. The second-order valence-electron chi connectivity index (χ2n) is 15.3. The van der Waals surface area contributed by atoms with Crippen LogP contribution < -0.4 is 14.4 Å². The summed E-state index contributed by atoms with van der Waals surface area (Å²) in [5.74, 6) is 0.813. The molecule has 0 spiro atoms. The van der Waals surface area contributed by atoms with Gasteiger partial charge in [-0.2, -0.15) is 0 Å². The van der Waals surface area contributed by atoms with Gasteiger partial charge in [0.2, 0.25) is 10.0 Å². The number of carbonyl (C=O) groups is 1. The molecule has 274 valence electrons. The lowest BCUT2D eigenvalue weighted by atomic mass is 9.65. The van der Waals surface area contributed by atoms with Gasteiger partial charge in [-0.15, -0.1) is 0 Å². The molecule has 0 radical (unpaired) electrons. The number of alkyl halides is 1. The third kappa shape index (κ3) is 7.82. The first-order valence-electron chi connectivity index (χ1n) is 18.5. The number of amides is 1. The summed E-state index contributed by atoms with van der Waals surface area (Å²) in [5, 5.41) is -0.0401. The third-order valence-corrected chi connectivity index (χ3v) is 14.2. The number of nitrogens with one attached hydrogen (secondary N) is 1. The minimum atomic E-state index is -3.93. The standard InChI is InChI=1S/C38H51ClFN3O6S/c1-24-6-5-8-34(38-48-22-32(23-49-38)43-19-31(40)20-43)33-13-10-28(33)18-42-15-4-3-7-26-16-30(39)12-9-29(26)21-47-36-14-11-27(17-35(36)42)37(44)41-50(45,46)25(24)2/h9,11-12,14,16-17,24-25,28,31-34,38H,3-8,10,13,15,18-23H2,1-2H3,(H,41,44)/t24-,25+,28-,32-,33+,34-,38-/m0/s1. The van der Waals surface area contributed by atoms with E-state index in [0.29, 0.717) is 61.9 Å². The molecular formula is C38H51ClFN3O6S. The Bertz CT molecular complexity index is 1630. The maximum Gasteiger partial charge on any atom is 0.264 e. The summed E-state index contributed by atoms with van der Waals surface area (Å²) < 4.78 is 62.3. The van der Waals surface area contributed by atoms with Crippen LogP contribution in [0.25, 0.3) is 0 Å². The Balaban J connectivity index is 1.19. The Kier molecular flexibility index (Phi) is 11.0. The van der Waals surface area contributed by atoms with E-state index in [9.17, 15) is 17.6 Å². The summed E-state index contributed by atoms with van der Waals surface area (Å²) in [6.45, 7) is 7.49. The summed E-state index contributed by atoms with van der Waals surface area (Å²) >= 11 is 6.37. The summed E-state index contributed by atoms with van der Waals surface area (Å²) in [7, 11) is -3.93. The summed E-state index contributed by atoms with van der Waals surface area (Å²) in [6, 6.07) is 11.3. The molecule has 1 amide bonds. The Labute approximate surface area is 301 Å². The third-order valence-electron chi connectivity index (χ3n) is 12.1. The number of rotatable bonds is 2. The number of fused-ring (bicyclic) bond motifs is 3. The van der Waals surface area contributed by atoms with Gasteiger partial charge in [-0.3, -0.25) is 9.69 Å². The first-order valence-corrected chi connectivity index (χ1v) is 20.4. The van der Waals surface area contributed by atoms with Crippen molar-refractivity contribution in [3.63, 3.8) is 0 Å². The van der Waals surface area contributed by atoms with E-state index in [-0.39, 0.29) is 29.7 Å². The molecule has 2 aromatic carbocycles. The van der Waals surface area contributed by atoms with Gasteiger partial charge in [-0.1, -0.05) is 31.0 Å². The zero-order chi connectivity index (χ0) is 35.0. The number of carbonyl (C=O) groups excluding carboxylic acids is 1. The average Bonchev–Trinajstić information content (AvgIpc) is 3.10.